The highest BCUT2D eigenvalue weighted by Gasteiger charge is 2.52. The predicted molar refractivity (Wildman–Crippen MR) is 103 cm³/mol. The number of ether oxygens (including phenoxy) is 2. The van der Waals surface area contributed by atoms with Gasteiger partial charge in [-0.25, -0.2) is 14.5 Å². The number of carbonyl (C=O) groups is 1. The second kappa shape index (κ2) is 7.75. The SMILES string of the molecule is NC=NC(=NCC(F)(F)F)c1c[n+]2c([nH]1)C1CC=C(OC3(C(N)=O)CC3)C=C1OCC2. The molecule has 0 spiro atoms. The van der Waals surface area contributed by atoms with Gasteiger partial charge in [-0.05, 0) is 12.5 Å². The van der Waals surface area contributed by atoms with Crippen LogP contribution in [0.15, 0.2) is 39.9 Å². The van der Waals surface area contributed by atoms with Crippen LogP contribution >= 0.6 is 0 Å². The zero-order valence-electron chi connectivity index (χ0n) is 16.5. The molecule has 3 aliphatic rings. The van der Waals surface area contributed by atoms with E-state index in [1.54, 1.807) is 12.3 Å². The smallest absolute Gasteiger partial charge is 0.408 e. The zero-order chi connectivity index (χ0) is 22.2. The molecule has 0 radical (unpaired) electrons. The van der Waals surface area contributed by atoms with Gasteiger partial charge in [0.25, 0.3) is 11.7 Å². The van der Waals surface area contributed by atoms with Crippen LogP contribution in [0.25, 0.3) is 0 Å². The third kappa shape index (κ3) is 4.42. The summed E-state index contributed by atoms with van der Waals surface area (Å²) in [6.45, 7) is -0.544. The van der Waals surface area contributed by atoms with Crippen LogP contribution in [0, 0.1) is 0 Å². The van der Waals surface area contributed by atoms with Crippen molar-refractivity contribution in [3.8, 4) is 0 Å². The highest BCUT2D eigenvalue weighted by atomic mass is 19.4. The van der Waals surface area contributed by atoms with Gasteiger partial charge in [0.15, 0.2) is 5.60 Å². The number of nitrogens with two attached hydrogens (primary N) is 2. The van der Waals surface area contributed by atoms with E-state index >= 15 is 0 Å². The number of imidazole rings is 1. The van der Waals surface area contributed by atoms with Gasteiger partial charge in [-0.3, -0.25) is 9.79 Å². The molecule has 1 amide bonds. The first-order valence-electron chi connectivity index (χ1n) is 9.72. The molecule has 1 fully saturated rings. The number of nitrogens with zero attached hydrogens (tertiary/aromatic N) is 3. The number of halogens is 3. The molecule has 1 unspecified atom stereocenters. The number of fused-ring (bicyclic) bond motifs is 3. The Balaban J connectivity index is 1.59. The number of alkyl halides is 3. The van der Waals surface area contributed by atoms with Crippen molar-refractivity contribution in [3.63, 3.8) is 0 Å². The Morgan fingerprint density at radius 3 is 2.87 bits per heavy atom. The van der Waals surface area contributed by atoms with E-state index in [1.165, 1.54) is 0 Å². The van der Waals surface area contributed by atoms with Crippen LogP contribution < -0.4 is 16.0 Å². The van der Waals surface area contributed by atoms with E-state index in [0.717, 1.165) is 12.2 Å². The van der Waals surface area contributed by atoms with Gasteiger partial charge in [-0.2, -0.15) is 13.2 Å². The maximum Gasteiger partial charge on any atom is 0.408 e. The first kappa shape index (κ1) is 20.9. The summed E-state index contributed by atoms with van der Waals surface area (Å²) in [5, 5.41) is 0. The van der Waals surface area contributed by atoms with Crippen molar-refractivity contribution in [2.45, 2.75) is 43.5 Å². The number of hydrogen-bond acceptors (Lipinski definition) is 4. The Labute approximate surface area is 175 Å². The number of aliphatic imine (C=N–C) groups is 2. The number of carbonyl (C=O) groups excluding carboxylic acids is 1. The Morgan fingerprint density at radius 2 is 2.23 bits per heavy atom. The Hall–Kier alpha value is -3.31. The van der Waals surface area contributed by atoms with E-state index in [2.05, 4.69) is 15.0 Å². The monoisotopic (exact) mass is 439 g/mol. The summed E-state index contributed by atoms with van der Waals surface area (Å²) in [7, 11) is 0. The Bertz CT molecular complexity index is 1000. The van der Waals surface area contributed by atoms with Crippen LogP contribution in [0.4, 0.5) is 13.2 Å². The number of amidine groups is 1. The lowest BCUT2D eigenvalue weighted by molar-refractivity contribution is -0.702. The number of hydrogen-bond donors (Lipinski definition) is 3. The minimum atomic E-state index is -4.45. The summed E-state index contributed by atoms with van der Waals surface area (Å²) in [6.07, 6.45) is 3.32. The number of amides is 1. The van der Waals surface area contributed by atoms with Gasteiger partial charge >= 0.3 is 6.18 Å². The molecule has 1 saturated carbocycles. The van der Waals surface area contributed by atoms with Crippen molar-refractivity contribution in [1.82, 2.24) is 4.98 Å². The number of rotatable bonds is 5. The molecule has 9 nitrogen and oxygen atoms in total. The van der Waals surface area contributed by atoms with Crippen molar-refractivity contribution >= 4 is 18.1 Å². The molecule has 5 N–H and O–H groups in total. The van der Waals surface area contributed by atoms with Crippen molar-refractivity contribution in [3.05, 3.63) is 41.4 Å². The van der Waals surface area contributed by atoms with Crippen molar-refractivity contribution in [1.29, 1.82) is 0 Å². The molecule has 1 aromatic rings. The van der Waals surface area contributed by atoms with E-state index < -0.39 is 24.2 Å². The first-order chi connectivity index (χ1) is 14.7. The number of primary amides is 1. The summed E-state index contributed by atoms with van der Waals surface area (Å²) in [5.74, 6) is 1.04. The largest absolute Gasteiger partial charge is 0.493 e. The third-order valence-electron chi connectivity index (χ3n) is 5.28. The van der Waals surface area contributed by atoms with Crippen LogP contribution in [-0.4, -0.2) is 48.0 Å². The Kier molecular flexibility index (Phi) is 5.23. The van der Waals surface area contributed by atoms with E-state index in [1.807, 2.05) is 10.6 Å². The van der Waals surface area contributed by atoms with Gasteiger partial charge in [0, 0.05) is 18.9 Å². The second-order valence-electron chi connectivity index (χ2n) is 7.53. The van der Waals surface area contributed by atoms with Crippen molar-refractivity contribution in [2.24, 2.45) is 21.5 Å². The summed E-state index contributed by atoms with van der Waals surface area (Å²) in [5.41, 5.74) is 10.1. The van der Waals surface area contributed by atoms with E-state index in [9.17, 15) is 18.0 Å². The average molecular weight is 439 g/mol. The molecule has 166 valence electrons. The topological polar surface area (TPSA) is 132 Å². The fourth-order valence-corrected chi connectivity index (χ4v) is 3.59. The minimum absolute atomic E-state index is 0.139. The van der Waals surface area contributed by atoms with E-state index in [0.29, 0.717) is 49.6 Å². The van der Waals surface area contributed by atoms with Crippen LogP contribution in [-0.2, 0) is 20.8 Å². The van der Waals surface area contributed by atoms with Crippen LogP contribution in [0.5, 0.6) is 0 Å². The fraction of sp³-hybridized carbons (Fsp3) is 0.474. The lowest BCUT2D eigenvalue weighted by Crippen LogP contribution is -2.37. The molecule has 1 atom stereocenters. The van der Waals surface area contributed by atoms with Crippen LogP contribution in [0.1, 0.15) is 36.7 Å². The molecule has 1 aliphatic heterocycles. The van der Waals surface area contributed by atoms with E-state index in [4.69, 9.17) is 20.9 Å². The first-order valence-corrected chi connectivity index (χ1v) is 9.72. The van der Waals surface area contributed by atoms with Crippen LogP contribution in [0.2, 0.25) is 0 Å². The molecule has 0 aromatic carbocycles. The molecular formula is C19H22F3N6O3+. The van der Waals surface area contributed by atoms with Crippen molar-refractivity contribution < 1.29 is 32.0 Å². The number of allylic oxidation sites excluding steroid dienone is 3. The molecule has 2 aliphatic carbocycles. The van der Waals surface area contributed by atoms with Gasteiger partial charge in [0.05, 0.1) is 6.34 Å². The van der Waals surface area contributed by atoms with E-state index in [-0.39, 0.29) is 11.8 Å². The molecule has 2 heterocycles. The zero-order valence-corrected chi connectivity index (χ0v) is 16.5. The summed E-state index contributed by atoms with van der Waals surface area (Å²) >= 11 is 0. The predicted octanol–water partition coefficient (Wildman–Crippen LogP) is 0.918. The number of aromatic nitrogens is 2. The van der Waals surface area contributed by atoms with Gasteiger partial charge in [-0.15, -0.1) is 0 Å². The molecule has 31 heavy (non-hydrogen) atoms. The summed E-state index contributed by atoms with van der Waals surface area (Å²) in [6, 6.07) is 0. The third-order valence-corrected chi connectivity index (χ3v) is 5.28. The molecular weight excluding hydrogens is 417 g/mol. The Morgan fingerprint density at radius 1 is 1.45 bits per heavy atom. The van der Waals surface area contributed by atoms with Crippen molar-refractivity contribution in [2.75, 3.05) is 13.2 Å². The fourth-order valence-electron chi connectivity index (χ4n) is 3.59. The molecule has 12 heteroatoms. The lowest BCUT2D eigenvalue weighted by Gasteiger charge is -2.22. The number of H-pyrrole nitrogens is 1. The molecule has 4 rings (SSSR count). The van der Waals surface area contributed by atoms with Gasteiger partial charge < -0.3 is 20.9 Å². The molecule has 1 aromatic heterocycles. The standard InChI is InChI=1S/C19H21F3N6O3/c20-19(21,22)9-25-15(26-10-23)13-8-28-5-6-30-14-7-11(1-2-12(14)16(28)27-13)31-18(3-4-18)17(24)29/h1,7-8,10,12H,2-6,9H2,(H4,23,24,25,26,29)/p+1. The highest BCUT2D eigenvalue weighted by molar-refractivity contribution is 6.00. The highest BCUT2D eigenvalue weighted by Crippen LogP contribution is 2.43. The second-order valence-corrected chi connectivity index (χ2v) is 7.53. The normalized spacial score (nSPS) is 22.5. The van der Waals surface area contributed by atoms with Gasteiger partial charge in [0.1, 0.15) is 43.3 Å². The molecule has 0 saturated heterocycles. The summed E-state index contributed by atoms with van der Waals surface area (Å²) in [4.78, 5) is 22.0. The average Bonchev–Trinajstić information content (AvgIpc) is 3.40. The van der Waals surface area contributed by atoms with Crippen LogP contribution in [0.3, 0.4) is 0 Å². The summed E-state index contributed by atoms with van der Waals surface area (Å²) < 4.78 is 51.4. The maximum atomic E-state index is 12.6. The number of nitrogens with one attached hydrogen (secondary N) is 1. The van der Waals surface area contributed by atoms with Gasteiger partial charge in [0.2, 0.25) is 11.5 Å². The number of aromatic amines is 1. The minimum Gasteiger partial charge on any atom is -0.493 e. The maximum absolute atomic E-state index is 12.6. The quantitative estimate of drug-likeness (QED) is 0.358. The van der Waals surface area contributed by atoms with Gasteiger partial charge in [-0.1, -0.05) is 0 Å². The lowest BCUT2D eigenvalue weighted by atomic mass is 9.96. The molecule has 0 bridgehead atoms.